The number of rotatable bonds is 11. The minimum atomic E-state index is -3.88. The second-order valence-corrected chi connectivity index (χ2v) is 11.6. The summed E-state index contributed by atoms with van der Waals surface area (Å²) in [6.07, 6.45) is 2.03. The van der Waals surface area contributed by atoms with E-state index >= 15 is 0 Å². The van der Waals surface area contributed by atoms with Gasteiger partial charge >= 0.3 is 0 Å². The van der Waals surface area contributed by atoms with Crippen LogP contribution in [-0.4, -0.2) is 56.8 Å². The number of anilines is 1. The summed E-state index contributed by atoms with van der Waals surface area (Å²) in [5, 5.41) is 3.68. The third-order valence-corrected chi connectivity index (χ3v) is 7.79. The molecule has 0 spiro atoms. The first kappa shape index (κ1) is 28.9. The Morgan fingerprint density at radius 3 is 2.38 bits per heavy atom. The molecule has 2 aromatic carbocycles. The summed E-state index contributed by atoms with van der Waals surface area (Å²) in [7, 11) is -3.88. The van der Waals surface area contributed by atoms with Gasteiger partial charge in [0.1, 0.15) is 12.6 Å². The predicted molar refractivity (Wildman–Crippen MR) is 144 cm³/mol. The summed E-state index contributed by atoms with van der Waals surface area (Å²) in [4.78, 5) is 28.3. The van der Waals surface area contributed by atoms with Crippen molar-refractivity contribution >= 4 is 50.7 Å². The molecule has 0 saturated heterocycles. The number of amides is 2. The fourth-order valence-electron chi connectivity index (χ4n) is 3.85. The van der Waals surface area contributed by atoms with Crippen LogP contribution in [0.2, 0.25) is 10.0 Å². The quantitative estimate of drug-likeness (QED) is 0.433. The number of hydrogen-bond acceptors (Lipinski definition) is 6. The lowest BCUT2D eigenvalue weighted by atomic mass is 10.1. The second kappa shape index (κ2) is 12.2. The molecule has 0 aromatic heterocycles. The zero-order valence-corrected chi connectivity index (χ0v) is 23.5. The van der Waals surface area contributed by atoms with E-state index in [9.17, 15) is 18.0 Å². The molecule has 9 nitrogen and oxygen atoms in total. The first-order valence-corrected chi connectivity index (χ1v) is 14.5. The van der Waals surface area contributed by atoms with E-state index in [1.807, 2.05) is 13.8 Å². The van der Waals surface area contributed by atoms with Gasteiger partial charge < -0.3 is 19.7 Å². The van der Waals surface area contributed by atoms with Crippen LogP contribution in [-0.2, 0) is 26.2 Å². The molecule has 2 unspecified atom stereocenters. The maximum atomic E-state index is 13.8. The first-order valence-electron chi connectivity index (χ1n) is 11.9. The summed E-state index contributed by atoms with van der Waals surface area (Å²) in [5.74, 6) is -0.0393. The molecule has 1 N–H and O–H groups in total. The van der Waals surface area contributed by atoms with Gasteiger partial charge in [0.15, 0.2) is 11.5 Å². The first-order chi connectivity index (χ1) is 17.4. The number of carbonyl (C=O) groups excluding carboxylic acids is 2. The Kier molecular flexibility index (Phi) is 9.55. The highest BCUT2D eigenvalue weighted by Gasteiger charge is 2.33. The molecule has 2 aromatic rings. The van der Waals surface area contributed by atoms with Crippen LogP contribution in [0.4, 0.5) is 5.69 Å². The van der Waals surface area contributed by atoms with Crippen LogP contribution in [0.1, 0.15) is 39.2 Å². The van der Waals surface area contributed by atoms with Gasteiger partial charge in [-0.3, -0.25) is 13.9 Å². The third-order valence-electron chi connectivity index (χ3n) is 6.07. The Balaban J connectivity index is 1.97. The van der Waals surface area contributed by atoms with Crippen LogP contribution in [0.15, 0.2) is 36.4 Å². The zero-order chi connectivity index (χ0) is 27.3. The van der Waals surface area contributed by atoms with E-state index in [0.717, 1.165) is 10.6 Å². The standard InChI is InChI=1S/C25H31Cl2N3O6S/c1-5-16(3)28-25(32)21(6-2)29(13-17-7-8-18(26)11-20(17)27)24(31)14-30(37(4,33)34)19-9-10-22-23(12-19)36-15-35-22/h7-12,16,21H,5-6,13-15H2,1-4H3,(H,28,32). The van der Waals surface area contributed by atoms with E-state index in [-0.39, 0.29) is 31.0 Å². The number of benzene rings is 2. The van der Waals surface area contributed by atoms with Crippen molar-refractivity contribution in [2.45, 2.75) is 52.2 Å². The molecule has 1 aliphatic rings. The number of nitrogens with one attached hydrogen (secondary N) is 1. The van der Waals surface area contributed by atoms with Gasteiger partial charge in [-0.1, -0.05) is 43.1 Å². The Labute approximate surface area is 227 Å². The van der Waals surface area contributed by atoms with Gasteiger partial charge in [-0.25, -0.2) is 8.42 Å². The molecule has 2 atom stereocenters. The molecule has 2 amide bonds. The summed E-state index contributed by atoms with van der Waals surface area (Å²) >= 11 is 12.4. The lowest BCUT2D eigenvalue weighted by Crippen LogP contribution is -2.53. The minimum Gasteiger partial charge on any atom is -0.454 e. The zero-order valence-electron chi connectivity index (χ0n) is 21.2. The summed E-state index contributed by atoms with van der Waals surface area (Å²) in [6.45, 7) is 5.08. The monoisotopic (exact) mass is 571 g/mol. The SMILES string of the molecule is CCC(C)NC(=O)C(CC)N(Cc1ccc(Cl)cc1Cl)C(=O)CN(c1ccc2c(c1)OCO2)S(C)(=O)=O. The van der Waals surface area contributed by atoms with E-state index in [1.54, 1.807) is 31.2 Å². The molecule has 37 heavy (non-hydrogen) atoms. The molecule has 0 fully saturated rings. The van der Waals surface area contributed by atoms with Crippen molar-refractivity contribution in [1.29, 1.82) is 0 Å². The molecule has 0 aliphatic carbocycles. The molecule has 0 bridgehead atoms. The molecular formula is C25H31Cl2N3O6S. The summed E-state index contributed by atoms with van der Waals surface area (Å²) < 4.78 is 37.2. The maximum absolute atomic E-state index is 13.8. The molecule has 1 aliphatic heterocycles. The van der Waals surface area contributed by atoms with Crippen LogP contribution >= 0.6 is 23.2 Å². The Morgan fingerprint density at radius 2 is 1.76 bits per heavy atom. The highest BCUT2D eigenvalue weighted by molar-refractivity contribution is 7.92. The van der Waals surface area contributed by atoms with Gasteiger partial charge in [0.25, 0.3) is 0 Å². The largest absolute Gasteiger partial charge is 0.454 e. The fraction of sp³-hybridized carbons (Fsp3) is 0.440. The van der Waals surface area contributed by atoms with E-state index in [1.165, 1.54) is 17.0 Å². The van der Waals surface area contributed by atoms with E-state index in [4.69, 9.17) is 32.7 Å². The Bertz CT molecular complexity index is 1260. The number of hydrogen-bond donors (Lipinski definition) is 1. The highest BCUT2D eigenvalue weighted by Crippen LogP contribution is 2.36. The lowest BCUT2D eigenvalue weighted by molar-refractivity contribution is -0.140. The van der Waals surface area contributed by atoms with Crippen LogP contribution in [0.5, 0.6) is 11.5 Å². The van der Waals surface area contributed by atoms with Crippen molar-refractivity contribution in [2.75, 3.05) is 23.9 Å². The normalized spacial score (nSPS) is 14.1. The second-order valence-electron chi connectivity index (χ2n) is 8.81. The van der Waals surface area contributed by atoms with Crippen LogP contribution in [0, 0.1) is 0 Å². The van der Waals surface area contributed by atoms with E-state index < -0.39 is 28.5 Å². The molecule has 202 valence electrons. The third kappa shape index (κ3) is 7.21. The summed E-state index contributed by atoms with van der Waals surface area (Å²) in [6, 6.07) is 8.54. The number of carbonyl (C=O) groups is 2. The Morgan fingerprint density at radius 1 is 1.05 bits per heavy atom. The summed E-state index contributed by atoms with van der Waals surface area (Å²) in [5.41, 5.74) is 0.810. The van der Waals surface area contributed by atoms with Crippen molar-refractivity contribution in [3.63, 3.8) is 0 Å². The van der Waals surface area contributed by atoms with Crippen molar-refractivity contribution < 1.29 is 27.5 Å². The van der Waals surface area contributed by atoms with Gasteiger partial charge in [-0.05, 0) is 49.6 Å². The molecular weight excluding hydrogens is 541 g/mol. The van der Waals surface area contributed by atoms with Gasteiger partial charge in [-0.2, -0.15) is 0 Å². The fourth-order valence-corrected chi connectivity index (χ4v) is 5.16. The Hall–Kier alpha value is -2.69. The smallest absolute Gasteiger partial charge is 0.244 e. The van der Waals surface area contributed by atoms with Crippen molar-refractivity contribution in [1.82, 2.24) is 10.2 Å². The maximum Gasteiger partial charge on any atom is 0.244 e. The van der Waals surface area contributed by atoms with Gasteiger partial charge in [0, 0.05) is 28.7 Å². The number of sulfonamides is 1. The predicted octanol–water partition coefficient (Wildman–Crippen LogP) is 4.21. The average molecular weight is 573 g/mol. The lowest BCUT2D eigenvalue weighted by Gasteiger charge is -2.33. The van der Waals surface area contributed by atoms with Gasteiger partial charge in [0.2, 0.25) is 28.6 Å². The van der Waals surface area contributed by atoms with Crippen LogP contribution in [0.3, 0.4) is 0 Å². The van der Waals surface area contributed by atoms with Gasteiger partial charge in [-0.15, -0.1) is 0 Å². The van der Waals surface area contributed by atoms with E-state index in [2.05, 4.69) is 5.32 Å². The van der Waals surface area contributed by atoms with Crippen molar-refractivity contribution in [3.8, 4) is 11.5 Å². The number of nitrogens with zero attached hydrogens (tertiary/aromatic N) is 2. The van der Waals surface area contributed by atoms with Crippen molar-refractivity contribution in [3.05, 3.63) is 52.0 Å². The molecule has 1 heterocycles. The molecule has 0 radical (unpaired) electrons. The number of ether oxygens (including phenoxy) is 2. The molecule has 3 rings (SSSR count). The number of fused-ring (bicyclic) bond motifs is 1. The molecule has 12 heteroatoms. The van der Waals surface area contributed by atoms with E-state index in [0.29, 0.717) is 39.9 Å². The number of halogens is 2. The van der Waals surface area contributed by atoms with Crippen LogP contribution in [0.25, 0.3) is 0 Å². The van der Waals surface area contributed by atoms with Crippen molar-refractivity contribution in [2.24, 2.45) is 0 Å². The molecule has 0 saturated carbocycles. The average Bonchev–Trinajstić information content (AvgIpc) is 3.30. The topological polar surface area (TPSA) is 105 Å². The van der Waals surface area contributed by atoms with Gasteiger partial charge in [0.05, 0.1) is 11.9 Å². The highest BCUT2D eigenvalue weighted by atomic mass is 35.5. The minimum absolute atomic E-state index is 0.0139. The van der Waals surface area contributed by atoms with Crippen LogP contribution < -0.4 is 19.1 Å².